The molecule has 0 fully saturated rings. The minimum Gasteiger partial charge on any atom is -0.325 e. The van der Waals surface area contributed by atoms with Crippen LogP contribution in [0.15, 0.2) is 48.5 Å². The molecule has 0 saturated carbocycles. The number of benzene rings is 2. The van der Waals surface area contributed by atoms with Gasteiger partial charge in [0.15, 0.2) is 0 Å². The molecule has 2 N–H and O–H groups in total. The second-order valence-corrected chi connectivity index (χ2v) is 6.75. The van der Waals surface area contributed by atoms with E-state index < -0.39 is 0 Å². The van der Waals surface area contributed by atoms with Gasteiger partial charge in [0, 0.05) is 16.9 Å². The van der Waals surface area contributed by atoms with Gasteiger partial charge in [0.25, 0.3) is 5.91 Å². The molecule has 0 atom stereocenters. The average molecular weight is 335 g/mol. The van der Waals surface area contributed by atoms with Crippen LogP contribution in [0.3, 0.4) is 0 Å². The maximum absolute atomic E-state index is 12.4. The summed E-state index contributed by atoms with van der Waals surface area (Å²) in [6.45, 7) is 6.36. The zero-order valence-corrected chi connectivity index (χ0v) is 14.6. The summed E-state index contributed by atoms with van der Waals surface area (Å²) in [6, 6.07) is 16.1. The number of nitrogens with zero attached hydrogens (tertiary/aromatic N) is 1. The van der Waals surface area contributed by atoms with Crippen molar-refractivity contribution in [2.75, 3.05) is 10.6 Å². The highest BCUT2D eigenvalue weighted by atomic mass is 16.2. The summed E-state index contributed by atoms with van der Waals surface area (Å²) in [7, 11) is 0. The third-order valence-corrected chi connectivity index (χ3v) is 3.66. The zero-order valence-electron chi connectivity index (χ0n) is 14.6. The Morgan fingerprint density at radius 3 is 2.16 bits per heavy atom. The van der Waals surface area contributed by atoms with E-state index in [9.17, 15) is 9.59 Å². The Bertz CT molecular complexity index is 812. The Hall–Kier alpha value is -3.13. The summed E-state index contributed by atoms with van der Waals surface area (Å²) < 4.78 is 0. The fourth-order valence-electron chi connectivity index (χ4n) is 2.28. The standard InChI is InChI=1S/C20H21N3O2/c1-20(2,3)15-9-7-14(8-10-15)19(25)23-17-6-4-5-16(13-17)22-18(24)11-12-21/h4-10,13H,11H2,1-3H3,(H,22,24)(H,23,25). The van der Waals surface area contributed by atoms with Crippen molar-refractivity contribution in [1.82, 2.24) is 0 Å². The van der Waals surface area contributed by atoms with Gasteiger partial charge in [-0.25, -0.2) is 0 Å². The number of rotatable bonds is 4. The Labute approximate surface area is 147 Å². The van der Waals surface area contributed by atoms with Gasteiger partial charge in [0.05, 0.1) is 6.07 Å². The molecule has 5 heteroatoms. The minimum atomic E-state index is -0.385. The molecule has 0 unspecified atom stereocenters. The molecular weight excluding hydrogens is 314 g/mol. The number of carbonyl (C=O) groups excluding carboxylic acids is 2. The van der Waals surface area contributed by atoms with Crippen molar-refractivity contribution in [2.24, 2.45) is 0 Å². The molecule has 0 aliphatic heterocycles. The molecule has 0 spiro atoms. The maximum atomic E-state index is 12.4. The molecule has 0 bridgehead atoms. The van der Waals surface area contributed by atoms with Crippen LogP contribution in [0.25, 0.3) is 0 Å². The van der Waals surface area contributed by atoms with Crippen LogP contribution in [0.2, 0.25) is 0 Å². The first kappa shape index (κ1) is 18.2. The maximum Gasteiger partial charge on any atom is 0.255 e. The molecule has 0 aliphatic carbocycles. The summed E-state index contributed by atoms with van der Waals surface area (Å²) in [4.78, 5) is 23.8. The van der Waals surface area contributed by atoms with Crippen LogP contribution in [0, 0.1) is 11.3 Å². The van der Waals surface area contributed by atoms with E-state index >= 15 is 0 Å². The third-order valence-electron chi connectivity index (χ3n) is 3.66. The first-order valence-corrected chi connectivity index (χ1v) is 7.98. The Kier molecular flexibility index (Phi) is 5.56. The smallest absolute Gasteiger partial charge is 0.255 e. The van der Waals surface area contributed by atoms with Crippen molar-refractivity contribution < 1.29 is 9.59 Å². The molecule has 0 saturated heterocycles. The molecule has 2 aromatic rings. The Morgan fingerprint density at radius 2 is 1.60 bits per heavy atom. The highest BCUT2D eigenvalue weighted by Gasteiger charge is 2.14. The number of nitrogens with one attached hydrogen (secondary N) is 2. The van der Waals surface area contributed by atoms with Crippen LogP contribution in [0.1, 0.15) is 43.1 Å². The molecule has 2 rings (SSSR count). The predicted molar refractivity (Wildman–Crippen MR) is 98.4 cm³/mol. The van der Waals surface area contributed by atoms with Crippen LogP contribution in [-0.4, -0.2) is 11.8 Å². The quantitative estimate of drug-likeness (QED) is 0.883. The topological polar surface area (TPSA) is 82.0 Å². The van der Waals surface area contributed by atoms with Gasteiger partial charge in [-0.3, -0.25) is 9.59 Å². The SMILES string of the molecule is CC(C)(C)c1ccc(C(=O)Nc2cccc(NC(=O)CC#N)c2)cc1. The molecular formula is C20H21N3O2. The van der Waals surface area contributed by atoms with E-state index in [4.69, 9.17) is 5.26 Å². The number of carbonyl (C=O) groups is 2. The van der Waals surface area contributed by atoms with Gasteiger partial charge >= 0.3 is 0 Å². The second kappa shape index (κ2) is 7.63. The average Bonchev–Trinajstić information content (AvgIpc) is 2.54. The molecule has 25 heavy (non-hydrogen) atoms. The van der Waals surface area contributed by atoms with E-state index in [1.807, 2.05) is 12.1 Å². The van der Waals surface area contributed by atoms with Gasteiger partial charge in [0.2, 0.25) is 5.91 Å². The third kappa shape index (κ3) is 5.18. The molecule has 0 radical (unpaired) electrons. The van der Waals surface area contributed by atoms with E-state index in [2.05, 4.69) is 31.4 Å². The van der Waals surface area contributed by atoms with Crippen molar-refractivity contribution in [3.8, 4) is 6.07 Å². The number of nitriles is 1. The van der Waals surface area contributed by atoms with Crippen molar-refractivity contribution in [3.05, 3.63) is 59.7 Å². The zero-order chi connectivity index (χ0) is 18.4. The molecule has 0 heterocycles. The lowest BCUT2D eigenvalue weighted by atomic mass is 9.87. The molecule has 0 aliphatic rings. The number of anilines is 2. The van der Waals surface area contributed by atoms with Crippen LogP contribution >= 0.6 is 0 Å². The summed E-state index contributed by atoms with van der Waals surface area (Å²) in [5, 5.41) is 13.9. The van der Waals surface area contributed by atoms with Crippen LogP contribution in [0.5, 0.6) is 0 Å². The Morgan fingerprint density at radius 1 is 1.00 bits per heavy atom. The van der Waals surface area contributed by atoms with Crippen molar-refractivity contribution in [1.29, 1.82) is 5.26 Å². The van der Waals surface area contributed by atoms with Crippen LogP contribution in [-0.2, 0) is 10.2 Å². The molecule has 5 nitrogen and oxygen atoms in total. The number of amides is 2. The normalized spacial score (nSPS) is 10.6. The predicted octanol–water partition coefficient (Wildman–Crippen LogP) is 4.09. The molecule has 2 amide bonds. The van der Waals surface area contributed by atoms with E-state index in [0.717, 1.165) is 5.56 Å². The highest BCUT2D eigenvalue weighted by molar-refractivity contribution is 6.04. The lowest BCUT2D eigenvalue weighted by molar-refractivity contribution is -0.115. The van der Waals surface area contributed by atoms with Gasteiger partial charge < -0.3 is 10.6 Å². The van der Waals surface area contributed by atoms with Gasteiger partial charge in [-0.2, -0.15) is 5.26 Å². The minimum absolute atomic E-state index is 0.0327. The van der Waals surface area contributed by atoms with E-state index in [1.54, 1.807) is 42.5 Å². The first-order valence-electron chi connectivity index (χ1n) is 7.98. The Balaban J connectivity index is 2.08. The van der Waals surface area contributed by atoms with Crippen LogP contribution in [0.4, 0.5) is 11.4 Å². The van der Waals surface area contributed by atoms with Gasteiger partial charge in [-0.1, -0.05) is 39.0 Å². The molecule has 0 aromatic heterocycles. The van der Waals surface area contributed by atoms with Crippen molar-refractivity contribution in [2.45, 2.75) is 32.6 Å². The highest BCUT2D eigenvalue weighted by Crippen LogP contribution is 2.22. The van der Waals surface area contributed by atoms with Gasteiger partial charge in [0.1, 0.15) is 6.42 Å². The van der Waals surface area contributed by atoms with Gasteiger partial charge in [-0.15, -0.1) is 0 Å². The van der Waals surface area contributed by atoms with Crippen LogP contribution < -0.4 is 10.6 Å². The number of hydrogen-bond acceptors (Lipinski definition) is 3. The lowest BCUT2D eigenvalue weighted by Gasteiger charge is -2.19. The summed E-state index contributed by atoms with van der Waals surface area (Å²) in [6.07, 6.45) is -0.212. The lowest BCUT2D eigenvalue weighted by Crippen LogP contribution is -2.15. The van der Waals surface area contributed by atoms with Crippen molar-refractivity contribution in [3.63, 3.8) is 0 Å². The fourth-order valence-corrected chi connectivity index (χ4v) is 2.28. The fraction of sp³-hybridized carbons (Fsp3) is 0.250. The van der Waals surface area contributed by atoms with E-state index in [1.165, 1.54) is 0 Å². The second-order valence-electron chi connectivity index (χ2n) is 6.75. The first-order chi connectivity index (χ1) is 11.8. The van der Waals surface area contributed by atoms with E-state index in [-0.39, 0.29) is 23.7 Å². The molecule has 128 valence electrons. The van der Waals surface area contributed by atoms with Gasteiger partial charge in [-0.05, 0) is 41.3 Å². The molecule has 2 aromatic carbocycles. The summed E-state index contributed by atoms with van der Waals surface area (Å²) in [5.74, 6) is -0.607. The summed E-state index contributed by atoms with van der Waals surface area (Å²) >= 11 is 0. The monoisotopic (exact) mass is 335 g/mol. The van der Waals surface area contributed by atoms with Crippen molar-refractivity contribution >= 4 is 23.2 Å². The summed E-state index contributed by atoms with van der Waals surface area (Å²) in [5.41, 5.74) is 2.85. The van der Waals surface area contributed by atoms with E-state index in [0.29, 0.717) is 16.9 Å². The number of hydrogen-bond donors (Lipinski definition) is 2. The largest absolute Gasteiger partial charge is 0.325 e.